The third kappa shape index (κ3) is 3.98. The van der Waals surface area contributed by atoms with Crippen molar-refractivity contribution in [1.82, 2.24) is 0 Å². The van der Waals surface area contributed by atoms with Gasteiger partial charge in [0.15, 0.2) is 0 Å². The number of anilines is 1. The van der Waals surface area contributed by atoms with Gasteiger partial charge in [0.1, 0.15) is 11.3 Å². The van der Waals surface area contributed by atoms with Crippen LogP contribution in [0.4, 0.5) is 5.69 Å². The Labute approximate surface area is 102 Å². The Hall–Kier alpha value is -1.71. The van der Waals surface area contributed by atoms with E-state index in [0.29, 0.717) is 30.2 Å². The van der Waals surface area contributed by atoms with E-state index in [2.05, 4.69) is 6.92 Å². The first-order chi connectivity index (χ1) is 8.19. The van der Waals surface area contributed by atoms with Crippen molar-refractivity contribution < 1.29 is 14.3 Å². The molecular weight excluding hydrogens is 218 g/mol. The van der Waals surface area contributed by atoms with Crippen LogP contribution in [-0.2, 0) is 4.74 Å². The molecule has 0 fully saturated rings. The minimum Gasteiger partial charge on any atom is -0.493 e. The van der Waals surface area contributed by atoms with Crippen LogP contribution in [0.3, 0.4) is 0 Å². The molecule has 0 unspecified atom stereocenters. The first-order valence-electron chi connectivity index (χ1n) is 5.88. The zero-order valence-corrected chi connectivity index (χ0v) is 10.4. The highest BCUT2D eigenvalue weighted by molar-refractivity contribution is 5.93. The van der Waals surface area contributed by atoms with Gasteiger partial charge in [-0.15, -0.1) is 0 Å². The predicted molar refractivity (Wildman–Crippen MR) is 67.2 cm³/mol. The second kappa shape index (κ2) is 6.78. The number of rotatable bonds is 6. The molecule has 0 spiro atoms. The molecule has 1 aromatic carbocycles. The van der Waals surface area contributed by atoms with Crippen molar-refractivity contribution in [1.29, 1.82) is 0 Å². The molecule has 0 aliphatic carbocycles. The number of hydrogen-bond donors (Lipinski definition) is 1. The SMILES string of the molecule is CCCCOc1cc(N)ccc1C(=O)OCC. The molecule has 0 aromatic heterocycles. The average molecular weight is 237 g/mol. The van der Waals surface area contributed by atoms with Crippen molar-refractivity contribution in [3.05, 3.63) is 23.8 Å². The van der Waals surface area contributed by atoms with E-state index in [0.717, 1.165) is 12.8 Å². The fourth-order valence-electron chi connectivity index (χ4n) is 1.36. The summed E-state index contributed by atoms with van der Waals surface area (Å²) < 4.78 is 10.5. The molecule has 0 heterocycles. The van der Waals surface area contributed by atoms with E-state index in [4.69, 9.17) is 15.2 Å². The minimum absolute atomic E-state index is 0.345. The molecule has 2 N–H and O–H groups in total. The topological polar surface area (TPSA) is 61.5 Å². The van der Waals surface area contributed by atoms with Gasteiger partial charge in [-0.25, -0.2) is 4.79 Å². The summed E-state index contributed by atoms with van der Waals surface area (Å²) in [6.45, 7) is 4.77. The average Bonchev–Trinajstić information content (AvgIpc) is 2.30. The second-order valence-corrected chi connectivity index (χ2v) is 3.68. The third-order valence-corrected chi connectivity index (χ3v) is 2.26. The van der Waals surface area contributed by atoms with Gasteiger partial charge in [0.05, 0.1) is 13.2 Å². The molecule has 0 saturated heterocycles. The van der Waals surface area contributed by atoms with Crippen LogP contribution in [0.15, 0.2) is 18.2 Å². The maximum absolute atomic E-state index is 11.7. The Morgan fingerprint density at radius 3 is 2.76 bits per heavy atom. The first-order valence-corrected chi connectivity index (χ1v) is 5.88. The van der Waals surface area contributed by atoms with Crippen LogP contribution < -0.4 is 10.5 Å². The highest BCUT2D eigenvalue weighted by atomic mass is 16.5. The van der Waals surface area contributed by atoms with Crippen molar-refractivity contribution in [2.45, 2.75) is 26.7 Å². The molecular formula is C13H19NO3. The van der Waals surface area contributed by atoms with E-state index in [-0.39, 0.29) is 5.97 Å². The second-order valence-electron chi connectivity index (χ2n) is 3.68. The maximum atomic E-state index is 11.7. The van der Waals surface area contributed by atoms with Crippen LogP contribution in [0.2, 0.25) is 0 Å². The van der Waals surface area contributed by atoms with Gasteiger partial charge in [0.25, 0.3) is 0 Å². The molecule has 0 bridgehead atoms. The molecule has 0 amide bonds. The van der Waals surface area contributed by atoms with Crippen LogP contribution in [0.1, 0.15) is 37.0 Å². The molecule has 0 radical (unpaired) electrons. The van der Waals surface area contributed by atoms with Gasteiger partial charge in [-0.2, -0.15) is 0 Å². The summed E-state index contributed by atoms with van der Waals surface area (Å²) in [6.07, 6.45) is 1.98. The van der Waals surface area contributed by atoms with Crippen LogP contribution in [0.25, 0.3) is 0 Å². The summed E-state index contributed by atoms with van der Waals surface area (Å²) >= 11 is 0. The number of carbonyl (C=O) groups excluding carboxylic acids is 1. The summed E-state index contributed by atoms with van der Waals surface area (Å²) in [5.74, 6) is 0.121. The zero-order chi connectivity index (χ0) is 12.7. The summed E-state index contributed by atoms with van der Waals surface area (Å²) in [6, 6.07) is 4.95. The molecule has 0 saturated carbocycles. The number of esters is 1. The summed E-state index contributed by atoms with van der Waals surface area (Å²) in [5, 5.41) is 0. The van der Waals surface area contributed by atoms with Gasteiger partial charge < -0.3 is 15.2 Å². The van der Waals surface area contributed by atoms with Crippen LogP contribution in [-0.4, -0.2) is 19.2 Å². The fourth-order valence-corrected chi connectivity index (χ4v) is 1.36. The van der Waals surface area contributed by atoms with Gasteiger partial charge in [0.2, 0.25) is 0 Å². The molecule has 1 rings (SSSR count). The minimum atomic E-state index is -0.376. The quantitative estimate of drug-likeness (QED) is 0.469. The van der Waals surface area contributed by atoms with E-state index in [1.54, 1.807) is 25.1 Å². The van der Waals surface area contributed by atoms with Gasteiger partial charge in [-0.3, -0.25) is 0 Å². The lowest BCUT2D eigenvalue weighted by Crippen LogP contribution is -2.09. The van der Waals surface area contributed by atoms with E-state index >= 15 is 0 Å². The fraction of sp³-hybridized carbons (Fsp3) is 0.462. The number of carbonyl (C=O) groups is 1. The summed E-state index contributed by atoms with van der Waals surface area (Å²) in [7, 11) is 0. The highest BCUT2D eigenvalue weighted by Crippen LogP contribution is 2.23. The normalized spacial score (nSPS) is 10.0. The van der Waals surface area contributed by atoms with Crippen LogP contribution in [0, 0.1) is 0 Å². The lowest BCUT2D eigenvalue weighted by Gasteiger charge is -2.11. The smallest absolute Gasteiger partial charge is 0.341 e. The number of hydrogen-bond acceptors (Lipinski definition) is 4. The van der Waals surface area contributed by atoms with E-state index in [1.165, 1.54) is 0 Å². The van der Waals surface area contributed by atoms with Crippen molar-refractivity contribution in [2.75, 3.05) is 18.9 Å². The third-order valence-electron chi connectivity index (χ3n) is 2.26. The Bertz CT molecular complexity index is 377. The van der Waals surface area contributed by atoms with Crippen molar-refractivity contribution >= 4 is 11.7 Å². The monoisotopic (exact) mass is 237 g/mol. The lowest BCUT2D eigenvalue weighted by molar-refractivity contribution is 0.0521. The van der Waals surface area contributed by atoms with Crippen molar-refractivity contribution in [3.8, 4) is 5.75 Å². The van der Waals surface area contributed by atoms with Gasteiger partial charge in [-0.05, 0) is 25.5 Å². The number of ether oxygens (including phenoxy) is 2. The molecule has 4 heteroatoms. The van der Waals surface area contributed by atoms with Crippen LogP contribution >= 0.6 is 0 Å². The Balaban J connectivity index is 2.83. The van der Waals surface area contributed by atoms with Gasteiger partial charge >= 0.3 is 5.97 Å². The van der Waals surface area contributed by atoms with Crippen LogP contribution in [0.5, 0.6) is 5.75 Å². The van der Waals surface area contributed by atoms with E-state index in [1.807, 2.05) is 0 Å². The summed E-state index contributed by atoms with van der Waals surface area (Å²) in [4.78, 5) is 11.7. The number of nitrogen functional groups attached to an aromatic ring is 1. The van der Waals surface area contributed by atoms with Gasteiger partial charge in [-0.1, -0.05) is 13.3 Å². The van der Waals surface area contributed by atoms with Crippen molar-refractivity contribution in [2.24, 2.45) is 0 Å². The molecule has 0 atom stereocenters. The number of unbranched alkanes of at least 4 members (excludes halogenated alkanes) is 1. The predicted octanol–water partition coefficient (Wildman–Crippen LogP) is 2.62. The maximum Gasteiger partial charge on any atom is 0.341 e. The number of benzene rings is 1. The zero-order valence-electron chi connectivity index (χ0n) is 10.4. The van der Waals surface area contributed by atoms with E-state index < -0.39 is 0 Å². The Morgan fingerprint density at radius 1 is 1.35 bits per heavy atom. The van der Waals surface area contributed by atoms with Gasteiger partial charge in [0, 0.05) is 11.8 Å². The molecule has 0 aliphatic heterocycles. The largest absolute Gasteiger partial charge is 0.493 e. The Kier molecular flexibility index (Phi) is 5.33. The summed E-state index contributed by atoms with van der Waals surface area (Å²) in [5.41, 5.74) is 6.68. The standard InChI is InChI=1S/C13H19NO3/c1-3-5-8-17-12-9-10(14)6-7-11(12)13(15)16-4-2/h6-7,9H,3-5,8,14H2,1-2H3. The molecule has 0 aliphatic rings. The first kappa shape index (κ1) is 13.4. The molecule has 4 nitrogen and oxygen atoms in total. The molecule has 17 heavy (non-hydrogen) atoms. The number of nitrogens with two attached hydrogens (primary N) is 1. The highest BCUT2D eigenvalue weighted by Gasteiger charge is 2.13. The molecule has 94 valence electrons. The van der Waals surface area contributed by atoms with E-state index in [9.17, 15) is 4.79 Å². The van der Waals surface area contributed by atoms with Crippen molar-refractivity contribution in [3.63, 3.8) is 0 Å². The Morgan fingerprint density at radius 2 is 2.12 bits per heavy atom. The molecule has 1 aromatic rings. The lowest BCUT2D eigenvalue weighted by atomic mass is 10.2.